The van der Waals surface area contributed by atoms with Crippen LogP contribution >= 0.6 is 0 Å². The summed E-state index contributed by atoms with van der Waals surface area (Å²) in [5.41, 5.74) is 0. The lowest BCUT2D eigenvalue weighted by Crippen LogP contribution is -2.01. The molecule has 0 aromatic heterocycles. The highest BCUT2D eigenvalue weighted by Gasteiger charge is 1.95. The van der Waals surface area contributed by atoms with Gasteiger partial charge in [0, 0.05) is 6.42 Å². The largest absolute Gasteiger partial charge is 0.481 e. The van der Waals surface area contributed by atoms with Crippen LogP contribution in [0.1, 0.15) is 117 Å². The average Bonchev–Trinajstić information content (AvgIpc) is 2.58. The van der Waals surface area contributed by atoms with Gasteiger partial charge in [0.2, 0.25) is 0 Å². The summed E-state index contributed by atoms with van der Waals surface area (Å²) in [6.07, 6.45) is 21.5. The molecule has 0 saturated heterocycles. The summed E-state index contributed by atoms with van der Waals surface area (Å²) in [6, 6.07) is 0. The highest BCUT2D eigenvalue weighted by atomic mass is 16.5. The molecule has 0 saturated carbocycles. The van der Waals surface area contributed by atoms with Gasteiger partial charge in [-0.05, 0) is 38.5 Å². The van der Waals surface area contributed by atoms with Gasteiger partial charge < -0.3 is 15.3 Å². The molecule has 0 aromatic rings. The third-order valence-electron chi connectivity index (χ3n) is 4.20. The van der Waals surface area contributed by atoms with Crippen LogP contribution in [0, 0.1) is 0 Å². The normalized spacial score (nSPS) is 11.0. The molecule has 0 aromatic carbocycles. The average molecular weight is 373 g/mol. The number of hydrogen-bond acceptors (Lipinski definition) is 3. The van der Waals surface area contributed by atoms with E-state index in [-0.39, 0.29) is 0 Å². The van der Waals surface area contributed by atoms with Gasteiger partial charge in [0.1, 0.15) is 0 Å². The first kappa shape index (κ1) is 27.3. The van der Waals surface area contributed by atoms with Crippen LogP contribution in [-0.4, -0.2) is 27.6 Å². The molecule has 0 radical (unpaired) electrons. The van der Waals surface area contributed by atoms with Crippen LogP contribution in [0.15, 0.2) is 12.2 Å². The van der Waals surface area contributed by atoms with E-state index in [0.717, 1.165) is 19.3 Å². The van der Waals surface area contributed by atoms with Gasteiger partial charge >= 0.3 is 5.97 Å². The molecule has 4 nitrogen and oxygen atoms in total. The summed E-state index contributed by atoms with van der Waals surface area (Å²) in [5.74, 6) is -0.664. The molecular weight excluding hydrogens is 328 g/mol. The number of aliphatic hydroxyl groups excluding tert-OH is 1. The zero-order valence-corrected chi connectivity index (χ0v) is 17.3. The maximum absolute atomic E-state index is 10.3. The molecule has 4 heteroatoms. The van der Waals surface area contributed by atoms with Crippen molar-refractivity contribution in [2.75, 3.05) is 0 Å². The summed E-state index contributed by atoms with van der Waals surface area (Å²) in [5, 5.41) is 24.7. The van der Waals surface area contributed by atoms with E-state index in [9.17, 15) is 4.79 Å². The van der Waals surface area contributed by atoms with Gasteiger partial charge in [-0.3, -0.25) is 4.79 Å². The number of aliphatic carboxylic acids is 1. The first-order valence-electron chi connectivity index (χ1n) is 10.8. The van der Waals surface area contributed by atoms with Gasteiger partial charge in [-0.2, -0.15) is 0 Å². The van der Waals surface area contributed by atoms with E-state index in [0.29, 0.717) is 12.8 Å². The number of allylic oxidation sites excluding steroid dienone is 2. The van der Waals surface area contributed by atoms with Crippen LogP contribution in [0.25, 0.3) is 0 Å². The van der Waals surface area contributed by atoms with Gasteiger partial charge in [0.05, 0.1) is 0 Å². The van der Waals surface area contributed by atoms with Crippen molar-refractivity contribution < 1.29 is 20.1 Å². The monoisotopic (exact) mass is 372 g/mol. The molecular formula is C22H44O4. The molecule has 0 aliphatic carbocycles. The Balaban J connectivity index is 0. The standard InChI is InChI=1S/C18H34O2.C4H10O2/c1-2-3-4-5-6-7-8-9-10-11-12-13-14-15-16-17-18(19)20;1-2-3-4(5)6/h9-10H,2-8,11-17H2,1H3,(H,19,20);4-6H,2-3H2,1H3/b10-9-;. The van der Waals surface area contributed by atoms with Crippen LogP contribution in [0.5, 0.6) is 0 Å². The molecule has 0 unspecified atom stereocenters. The van der Waals surface area contributed by atoms with E-state index in [2.05, 4.69) is 19.1 Å². The lowest BCUT2D eigenvalue weighted by atomic mass is 10.1. The fourth-order valence-electron chi connectivity index (χ4n) is 2.61. The fraction of sp³-hybridized carbons (Fsp3) is 0.864. The van der Waals surface area contributed by atoms with Gasteiger partial charge in [-0.25, -0.2) is 0 Å². The van der Waals surface area contributed by atoms with Crippen molar-refractivity contribution in [1.82, 2.24) is 0 Å². The number of carboxylic acid groups (broad SMARTS) is 1. The Kier molecular flexibility index (Phi) is 25.4. The van der Waals surface area contributed by atoms with E-state index >= 15 is 0 Å². The molecule has 0 heterocycles. The topological polar surface area (TPSA) is 77.8 Å². The fourth-order valence-corrected chi connectivity index (χ4v) is 2.61. The third kappa shape index (κ3) is 31.0. The van der Waals surface area contributed by atoms with Crippen LogP contribution in [0.3, 0.4) is 0 Å². The Morgan fingerprint density at radius 1 is 0.731 bits per heavy atom. The van der Waals surface area contributed by atoms with Crippen molar-refractivity contribution in [1.29, 1.82) is 0 Å². The minimum atomic E-state index is -1.10. The maximum atomic E-state index is 10.3. The van der Waals surface area contributed by atoms with Gasteiger partial charge in [-0.15, -0.1) is 0 Å². The van der Waals surface area contributed by atoms with Crippen molar-refractivity contribution in [3.8, 4) is 0 Å². The Morgan fingerprint density at radius 2 is 1.19 bits per heavy atom. The van der Waals surface area contributed by atoms with Crippen molar-refractivity contribution in [2.45, 2.75) is 123 Å². The van der Waals surface area contributed by atoms with Crippen LogP contribution in [0.4, 0.5) is 0 Å². The molecule has 0 aliphatic rings. The summed E-state index contributed by atoms with van der Waals surface area (Å²) < 4.78 is 0. The molecule has 0 amide bonds. The van der Waals surface area contributed by atoms with Gasteiger partial charge in [0.25, 0.3) is 0 Å². The van der Waals surface area contributed by atoms with Crippen LogP contribution in [0.2, 0.25) is 0 Å². The minimum absolute atomic E-state index is 0.332. The zero-order valence-electron chi connectivity index (χ0n) is 17.3. The molecule has 0 atom stereocenters. The molecule has 0 rings (SSSR count). The predicted octanol–water partition coefficient (Wildman–Crippen LogP) is 6.21. The number of hydrogen-bond donors (Lipinski definition) is 3. The Morgan fingerprint density at radius 3 is 1.58 bits per heavy atom. The van der Waals surface area contributed by atoms with E-state index in [1.807, 2.05) is 6.92 Å². The molecule has 0 bridgehead atoms. The summed E-state index contributed by atoms with van der Waals surface area (Å²) >= 11 is 0. The number of rotatable bonds is 17. The van der Waals surface area contributed by atoms with Crippen molar-refractivity contribution >= 4 is 5.97 Å². The molecule has 0 fully saturated rings. The predicted molar refractivity (Wildman–Crippen MR) is 110 cm³/mol. The molecule has 26 heavy (non-hydrogen) atoms. The van der Waals surface area contributed by atoms with Crippen LogP contribution < -0.4 is 0 Å². The molecule has 156 valence electrons. The van der Waals surface area contributed by atoms with E-state index in [1.54, 1.807) is 0 Å². The highest BCUT2D eigenvalue weighted by Crippen LogP contribution is 2.09. The third-order valence-corrected chi connectivity index (χ3v) is 4.20. The second-order valence-corrected chi connectivity index (χ2v) is 7.00. The number of carboxylic acids is 1. The van der Waals surface area contributed by atoms with Crippen molar-refractivity contribution in [2.24, 2.45) is 0 Å². The lowest BCUT2D eigenvalue weighted by molar-refractivity contribution is -0.137. The Bertz CT molecular complexity index is 301. The van der Waals surface area contributed by atoms with Crippen molar-refractivity contribution in [3.05, 3.63) is 12.2 Å². The van der Waals surface area contributed by atoms with Crippen molar-refractivity contribution in [3.63, 3.8) is 0 Å². The Hall–Kier alpha value is -0.870. The summed E-state index contributed by atoms with van der Waals surface area (Å²) in [6.45, 7) is 4.16. The number of unbranched alkanes of at least 4 members (excludes halogenated alkanes) is 11. The minimum Gasteiger partial charge on any atom is -0.481 e. The number of aliphatic hydroxyl groups is 2. The van der Waals surface area contributed by atoms with E-state index in [1.165, 1.54) is 70.6 Å². The Labute approximate surface area is 161 Å². The lowest BCUT2D eigenvalue weighted by Gasteiger charge is -1.99. The van der Waals surface area contributed by atoms with E-state index < -0.39 is 12.3 Å². The summed E-state index contributed by atoms with van der Waals surface area (Å²) in [7, 11) is 0. The SMILES string of the molecule is CCCC(O)O.CCCCCCCC/C=C\CCCCCCCC(=O)O. The van der Waals surface area contributed by atoms with Gasteiger partial charge in [0.15, 0.2) is 6.29 Å². The first-order valence-corrected chi connectivity index (χ1v) is 10.8. The zero-order chi connectivity index (χ0) is 19.9. The first-order chi connectivity index (χ1) is 12.5. The molecule has 3 N–H and O–H groups in total. The molecule has 0 aliphatic heterocycles. The molecule has 0 spiro atoms. The highest BCUT2D eigenvalue weighted by molar-refractivity contribution is 5.66. The summed E-state index contributed by atoms with van der Waals surface area (Å²) in [4.78, 5) is 10.3. The van der Waals surface area contributed by atoms with E-state index in [4.69, 9.17) is 15.3 Å². The maximum Gasteiger partial charge on any atom is 0.303 e. The second kappa shape index (κ2) is 24.1. The second-order valence-electron chi connectivity index (χ2n) is 7.00. The van der Waals surface area contributed by atoms with Gasteiger partial charge in [-0.1, -0.05) is 83.8 Å². The number of carbonyl (C=O) groups is 1. The smallest absolute Gasteiger partial charge is 0.303 e. The van der Waals surface area contributed by atoms with Crippen LogP contribution in [-0.2, 0) is 4.79 Å². The quantitative estimate of drug-likeness (QED) is 0.161.